The van der Waals surface area contributed by atoms with Crippen LogP contribution in [0, 0.1) is 17.8 Å². The number of aromatic amines is 1. The molecule has 2 aliphatic carbocycles. The van der Waals surface area contributed by atoms with Gasteiger partial charge in [0.25, 0.3) is 5.56 Å². The molecule has 2 saturated carbocycles. The van der Waals surface area contributed by atoms with E-state index in [0.29, 0.717) is 24.4 Å². The van der Waals surface area contributed by atoms with Gasteiger partial charge in [-0.1, -0.05) is 13.8 Å². The number of likely N-dealkylation sites (tertiary alicyclic amines) is 1. The Kier molecular flexibility index (Phi) is 5.46. The van der Waals surface area contributed by atoms with Crippen LogP contribution < -0.4 is 5.56 Å². The van der Waals surface area contributed by atoms with E-state index in [1.165, 1.54) is 25.7 Å². The molecule has 4 aliphatic rings. The molecule has 1 N–H and O–H groups in total. The monoisotopic (exact) mass is 412 g/mol. The topological polar surface area (TPSA) is 69.3 Å². The number of piperidine rings is 1. The minimum absolute atomic E-state index is 0.0446. The van der Waals surface area contributed by atoms with Crippen LogP contribution in [0.3, 0.4) is 0 Å². The van der Waals surface area contributed by atoms with Crippen molar-refractivity contribution in [2.45, 2.75) is 83.7 Å². The molecule has 1 amide bonds. The summed E-state index contributed by atoms with van der Waals surface area (Å²) >= 11 is 0. The Morgan fingerprint density at radius 1 is 1.10 bits per heavy atom. The van der Waals surface area contributed by atoms with E-state index in [1.807, 2.05) is 4.90 Å². The van der Waals surface area contributed by atoms with E-state index in [4.69, 9.17) is 4.98 Å². The van der Waals surface area contributed by atoms with E-state index < -0.39 is 0 Å². The molecule has 30 heavy (non-hydrogen) atoms. The molecule has 3 heterocycles. The molecule has 6 nitrogen and oxygen atoms in total. The number of carbonyl (C=O) groups excluding carboxylic acids is 1. The summed E-state index contributed by atoms with van der Waals surface area (Å²) < 4.78 is 0. The van der Waals surface area contributed by atoms with Gasteiger partial charge in [-0.15, -0.1) is 0 Å². The van der Waals surface area contributed by atoms with E-state index in [9.17, 15) is 9.59 Å². The lowest BCUT2D eigenvalue weighted by atomic mass is 9.86. The van der Waals surface area contributed by atoms with Crippen molar-refractivity contribution in [2.75, 3.05) is 19.6 Å². The number of aromatic nitrogens is 2. The second kappa shape index (κ2) is 8.10. The number of nitrogens with one attached hydrogen (secondary N) is 1. The Labute approximate surface area is 179 Å². The van der Waals surface area contributed by atoms with Gasteiger partial charge in [0.15, 0.2) is 0 Å². The van der Waals surface area contributed by atoms with Crippen molar-refractivity contribution in [3.63, 3.8) is 0 Å². The summed E-state index contributed by atoms with van der Waals surface area (Å²) in [7, 11) is 0. The number of hydrogen-bond acceptors (Lipinski definition) is 4. The molecule has 164 valence electrons. The zero-order valence-corrected chi connectivity index (χ0v) is 18.5. The van der Waals surface area contributed by atoms with Crippen LogP contribution in [0.5, 0.6) is 0 Å². The van der Waals surface area contributed by atoms with Crippen LogP contribution in [0.1, 0.15) is 81.8 Å². The van der Waals surface area contributed by atoms with Crippen LogP contribution in [-0.2, 0) is 17.8 Å². The van der Waals surface area contributed by atoms with Crippen molar-refractivity contribution in [3.8, 4) is 0 Å². The minimum Gasteiger partial charge on any atom is -0.342 e. The van der Waals surface area contributed by atoms with E-state index in [0.717, 1.165) is 68.3 Å². The maximum absolute atomic E-state index is 13.0. The number of fused-ring (bicyclic) bond motifs is 1. The van der Waals surface area contributed by atoms with E-state index in [1.54, 1.807) is 0 Å². The van der Waals surface area contributed by atoms with Crippen molar-refractivity contribution in [2.24, 2.45) is 17.8 Å². The Hall–Kier alpha value is -1.69. The summed E-state index contributed by atoms with van der Waals surface area (Å²) in [4.78, 5) is 38.3. The molecule has 1 aromatic rings. The van der Waals surface area contributed by atoms with Gasteiger partial charge in [-0.2, -0.15) is 0 Å². The smallest absolute Gasteiger partial charge is 0.255 e. The van der Waals surface area contributed by atoms with Crippen molar-refractivity contribution in [1.82, 2.24) is 19.8 Å². The third-order valence-electron chi connectivity index (χ3n) is 8.16. The SMILES string of the molecule is CC1CCC(N2CCc3nc([C@@H]4CCCN(C(=O)[C@@H]5C[C@H]5C)C4)[nH]c(=O)c3C2)CC1. The summed E-state index contributed by atoms with van der Waals surface area (Å²) in [5.41, 5.74) is 1.91. The average Bonchev–Trinajstić information content (AvgIpc) is 3.50. The van der Waals surface area contributed by atoms with Crippen LogP contribution in [-0.4, -0.2) is 51.4 Å². The first kappa shape index (κ1) is 20.2. The summed E-state index contributed by atoms with van der Waals surface area (Å²) in [5, 5.41) is 0. The molecule has 0 radical (unpaired) electrons. The fraction of sp³-hybridized carbons (Fsp3) is 0.792. The highest BCUT2D eigenvalue weighted by Crippen LogP contribution is 2.40. The minimum atomic E-state index is 0.0446. The summed E-state index contributed by atoms with van der Waals surface area (Å²) in [5.74, 6) is 2.89. The fourth-order valence-electron chi connectivity index (χ4n) is 5.88. The highest BCUT2D eigenvalue weighted by Gasteiger charge is 2.42. The van der Waals surface area contributed by atoms with Crippen molar-refractivity contribution in [3.05, 3.63) is 27.4 Å². The number of carbonyl (C=O) groups is 1. The van der Waals surface area contributed by atoms with Gasteiger partial charge in [-0.25, -0.2) is 4.98 Å². The molecule has 0 aromatic carbocycles. The molecule has 0 unspecified atom stereocenters. The number of hydrogen-bond donors (Lipinski definition) is 1. The lowest BCUT2D eigenvalue weighted by molar-refractivity contribution is -0.134. The van der Waals surface area contributed by atoms with Crippen molar-refractivity contribution in [1.29, 1.82) is 0 Å². The van der Waals surface area contributed by atoms with Gasteiger partial charge in [0.2, 0.25) is 5.91 Å². The molecule has 3 fully saturated rings. The normalized spacial score (nSPS) is 34.5. The van der Waals surface area contributed by atoms with Gasteiger partial charge in [0, 0.05) is 50.5 Å². The molecule has 1 saturated heterocycles. The summed E-state index contributed by atoms with van der Waals surface area (Å²) in [6, 6.07) is 0.621. The van der Waals surface area contributed by atoms with Crippen LogP contribution in [0.2, 0.25) is 0 Å². The van der Waals surface area contributed by atoms with Crippen LogP contribution >= 0.6 is 0 Å². The maximum atomic E-state index is 13.0. The van der Waals surface area contributed by atoms with Gasteiger partial charge in [0.1, 0.15) is 5.82 Å². The fourth-order valence-corrected chi connectivity index (χ4v) is 5.88. The number of nitrogens with zero attached hydrogens (tertiary/aromatic N) is 3. The lowest BCUT2D eigenvalue weighted by Gasteiger charge is -2.38. The number of rotatable bonds is 3. The Bertz CT molecular complexity index is 857. The van der Waals surface area contributed by atoms with Gasteiger partial charge >= 0.3 is 0 Å². The third-order valence-corrected chi connectivity index (χ3v) is 8.16. The van der Waals surface area contributed by atoms with Crippen molar-refractivity contribution < 1.29 is 4.79 Å². The molecule has 3 atom stereocenters. The molecule has 2 aliphatic heterocycles. The maximum Gasteiger partial charge on any atom is 0.255 e. The molecule has 0 spiro atoms. The highest BCUT2D eigenvalue weighted by molar-refractivity contribution is 5.81. The Morgan fingerprint density at radius 2 is 1.87 bits per heavy atom. The van der Waals surface area contributed by atoms with Crippen LogP contribution in [0.4, 0.5) is 0 Å². The lowest BCUT2D eigenvalue weighted by Crippen LogP contribution is -2.44. The molecule has 0 bridgehead atoms. The number of H-pyrrole nitrogens is 1. The van der Waals surface area contributed by atoms with Gasteiger partial charge in [-0.3, -0.25) is 14.5 Å². The molecule has 1 aromatic heterocycles. The molecule has 6 heteroatoms. The number of amides is 1. The first-order valence-corrected chi connectivity index (χ1v) is 12.1. The summed E-state index contributed by atoms with van der Waals surface area (Å²) in [6.45, 7) is 7.81. The van der Waals surface area contributed by atoms with Crippen LogP contribution in [0.25, 0.3) is 0 Å². The average molecular weight is 413 g/mol. The predicted octanol–water partition coefficient (Wildman–Crippen LogP) is 3.07. The van der Waals surface area contributed by atoms with E-state index in [-0.39, 0.29) is 17.4 Å². The zero-order valence-electron chi connectivity index (χ0n) is 18.5. The first-order chi connectivity index (χ1) is 14.5. The van der Waals surface area contributed by atoms with E-state index in [2.05, 4.69) is 23.7 Å². The predicted molar refractivity (Wildman–Crippen MR) is 116 cm³/mol. The highest BCUT2D eigenvalue weighted by atomic mass is 16.2. The second-order valence-corrected chi connectivity index (χ2v) is 10.5. The second-order valence-electron chi connectivity index (χ2n) is 10.5. The zero-order chi connectivity index (χ0) is 20.8. The molecule has 5 rings (SSSR count). The molecular formula is C24H36N4O2. The van der Waals surface area contributed by atoms with Gasteiger partial charge in [-0.05, 0) is 56.8 Å². The summed E-state index contributed by atoms with van der Waals surface area (Å²) in [6.07, 6.45) is 9.01. The standard InChI is InChI=1S/C24H36N4O2/c1-15-5-7-18(8-6-15)27-11-9-21-20(14-27)23(29)26-22(25-21)17-4-3-10-28(13-17)24(30)19-12-16(19)2/h15-19H,3-14H2,1-2H3,(H,25,26,29)/t15?,16-,17-,18?,19-/m1/s1. The van der Waals surface area contributed by atoms with Gasteiger partial charge < -0.3 is 9.88 Å². The Balaban J connectivity index is 1.29. The molecular weight excluding hydrogens is 376 g/mol. The largest absolute Gasteiger partial charge is 0.342 e. The quantitative estimate of drug-likeness (QED) is 0.828. The van der Waals surface area contributed by atoms with Crippen molar-refractivity contribution >= 4 is 5.91 Å². The third kappa shape index (κ3) is 3.95. The van der Waals surface area contributed by atoms with Gasteiger partial charge in [0.05, 0.1) is 11.3 Å². The van der Waals surface area contributed by atoms with E-state index >= 15 is 0 Å². The van der Waals surface area contributed by atoms with Crippen LogP contribution in [0.15, 0.2) is 4.79 Å². The Morgan fingerprint density at radius 3 is 2.60 bits per heavy atom. The first-order valence-electron chi connectivity index (χ1n) is 12.1.